The van der Waals surface area contributed by atoms with Gasteiger partial charge in [0.05, 0.1) is 0 Å². The van der Waals surface area contributed by atoms with Gasteiger partial charge in [-0.05, 0) is 36.0 Å². The predicted octanol–water partition coefficient (Wildman–Crippen LogP) is 2.29. The molecule has 0 bridgehead atoms. The van der Waals surface area contributed by atoms with Crippen molar-refractivity contribution < 1.29 is 0 Å². The van der Waals surface area contributed by atoms with E-state index < -0.39 is 0 Å². The van der Waals surface area contributed by atoms with Crippen LogP contribution in [0.3, 0.4) is 0 Å². The van der Waals surface area contributed by atoms with E-state index >= 15 is 0 Å². The van der Waals surface area contributed by atoms with Crippen LogP contribution < -0.4 is 21.0 Å². The Morgan fingerprint density at radius 3 is 2.70 bits per heavy atom. The second kappa shape index (κ2) is 7.30. The van der Waals surface area contributed by atoms with Crippen LogP contribution in [0.2, 0.25) is 0 Å². The third kappa shape index (κ3) is 4.21. The fourth-order valence-corrected chi connectivity index (χ4v) is 2.79. The average molecular weight is 359 g/mol. The van der Waals surface area contributed by atoms with Crippen LogP contribution in [-0.4, -0.2) is 42.1 Å². The number of hydrogen-bond acceptors (Lipinski definition) is 6. The molecule has 7 nitrogen and oxygen atoms in total. The first-order chi connectivity index (χ1) is 13.1. The molecule has 1 fully saturated rings. The van der Waals surface area contributed by atoms with Crippen LogP contribution in [0.15, 0.2) is 36.5 Å². The zero-order valence-electron chi connectivity index (χ0n) is 15.5. The normalized spacial score (nSPS) is 13.4. The van der Waals surface area contributed by atoms with E-state index in [9.17, 15) is 0 Å². The number of H-pyrrole nitrogens is 1. The van der Waals surface area contributed by atoms with Crippen LogP contribution in [0.5, 0.6) is 0 Å². The summed E-state index contributed by atoms with van der Waals surface area (Å²) in [4.78, 5) is 10.8. The molecule has 3 aromatic rings. The average Bonchev–Trinajstić information content (AvgIpc) is 3.42. The number of aromatic amines is 1. The maximum Gasteiger partial charge on any atom is 0.224 e. The Morgan fingerprint density at radius 1 is 1.22 bits per heavy atom. The van der Waals surface area contributed by atoms with Crippen molar-refractivity contribution in [2.75, 3.05) is 29.6 Å². The highest BCUT2D eigenvalue weighted by Gasteiger charge is 2.25. The van der Waals surface area contributed by atoms with Gasteiger partial charge < -0.3 is 15.5 Å². The molecule has 0 unspecified atom stereocenters. The molecular weight excluding hydrogens is 337 g/mol. The summed E-state index contributed by atoms with van der Waals surface area (Å²) < 4.78 is 0. The molecule has 1 aliphatic rings. The van der Waals surface area contributed by atoms with E-state index in [1.165, 1.54) is 18.5 Å². The lowest BCUT2D eigenvalue weighted by molar-refractivity contribution is 0.966. The van der Waals surface area contributed by atoms with E-state index in [1.807, 2.05) is 20.2 Å². The minimum Gasteiger partial charge on any atom is -0.378 e. The first kappa shape index (κ1) is 17.4. The maximum atomic E-state index is 6.01. The van der Waals surface area contributed by atoms with E-state index in [4.69, 9.17) is 7.85 Å². The fourth-order valence-electron chi connectivity index (χ4n) is 2.79. The summed E-state index contributed by atoms with van der Waals surface area (Å²) in [7, 11) is 10.1. The van der Waals surface area contributed by atoms with Gasteiger partial charge in [0.1, 0.15) is 13.7 Å². The molecule has 2 radical (unpaired) electrons. The summed E-state index contributed by atoms with van der Waals surface area (Å²) in [5.74, 6) is 2.39. The molecule has 0 amide bonds. The van der Waals surface area contributed by atoms with E-state index in [0.29, 0.717) is 35.5 Å². The van der Waals surface area contributed by atoms with E-state index in [0.717, 1.165) is 11.3 Å². The third-order valence-electron chi connectivity index (χ3n) is 4.58. The van der Waals surface area contributed by atoms with Gasteiger partial charge in [-0.2, -0.15) is 10.1 Å². The number of nitrogens with one attached hydrogen (secondary N) is 3. The number of benzene rings is 1. The molecule has 1 aromatic carbocycles. The zero-order chi connectivity index (χ0) is 18.8. The molecule has 3 N–H and O–H groups in total. The van der Waals surface area contributed by atoms with Gasteiger partial charge in [0, 0.05) is 50.2 Å². The molecule has 1 saturated carbocycles. The van der Waals surface area contributed by atoms with Crippen LogP contribution >= 0.6 is 0 Å². The van der Waals surface area contributed by atoms with Crippen molar-refractivity contribution in [2.45, 2.75) is 25.3 Å². The van der Waals surface area contributed by atoms with Crippen LogP contribution in [0.25, 0.3) is 0 Å². The lowest BCUT2D eigenvalue weighted by Crippen LogP contribution is -2.15. The van der Waals surface area contributed by atoms with Crippen molar-refractivity contribution in [1.82, 2.24) is 20.2 Å². The van der Waals surface area contributed by atoms with Crippen LogP contribution in [0, 0.1) is 0 Å². The van der Waals surface area contributed by atoms with Crippen molar-refractivity contribution in [1.29, 1.82) is 0 Å². The van der Waals surface area contributed by atoms with E-state index in [-0.39, 0.29) is 0 Å². The first-order valence-corrected chi connectivity index (χ1v) is 9.03. The Hall–Kier alpha value is -3.03. The van der Waals surface area contributed by atoms with Gasteiger partial charge in [-0.1, -0.05) is 12.1 Å². The molecule has 0 spiro atoms. The predicted molar refractivity (Wildman–Crippen MR) is 109 cm³/mol. The van der Waals surface area contributed by atoms with Crippen molar-refractivity contribution in [2.24, 2.45) is 0 Å². The Kier molecular flexibility index (Phi) is 4.70. The molecule has 2 aromatic heterocycles. The van der Waals surface area contributed by atoms with Crippen molar-refractivity contribution in [3.8, 4) is 0 Å². The lowest BCUT2D eigenvalue weighted by Gasteiger charge is -2.13. The number of rotatable bonds is 7. The Morgan fingerprint density at radius 2 is 2.00 bits per heavy atom. The summed E-state index contributed by atoms with van der Waals surface area (Å²) in [6.45, 7) is 0.630. The summed E-state index contributed by atoms with van der Waals surface area (Å²) >= 11 is 0. The van der Waals surface area contributed by atoms with Gasteiger partial charge in [-0.15, -0.1) is 0 Å². The number of anilines is 4. The summed E-state index contributed by atoms with van der Waals surface area (Å²) in [5.41, 5.74) is 3.95. The molecule has 8 heteroatoms. The smallest absolute Gasteiger partial charge is 0.224 e. The van der Waals surface area contributed by atoms with Gasteiger partial charge in [-0.3, -0.25) is 5.10 Å². The number of hydrogen-bond donors (Lipinski definition) is 3. The summed E-state index contributed by atoms with van der Waals surface area (Å²) in [5, 5.41) is 13.8. The van der Waals surface area contributed by atoms with Crippen molar-refractivity contribution in [3.63, 3.8) is 0 Å². The third-order valence-corrected chi connectivity index (χ3v) is 4.58. The van der Waals surface area contributed by atoms with Crippen LogP contribution in [0.1, 0.15) is 30.0 Å². The topological polar surface area (TPSA) is 81.8 Å². The molecule has 2 heterocycles. The van der Waals surface area contributed by atoms with Crippen LogP contribution in [-0.2, 0) is 6.54 Å². The van der Waals surface area contributed by atoms with Crippen molar-refractivity contribution >= 4 is 36.6 Å². The minimum atomic E-state index is 0.479. The summed E-state index contributed by atoms with van der Waals surface area (Å²) in [6, 6.07) is 10.4. The maximum absolute atomic E-state index is 6.01. The standard InChI is InChI=1S/C19H22BN7/c1-27(2)14-7-3-12(4-8-14)10-21-19-22-11-15(20)18(24-19)23-17-9-16(25-26-17)13-5-6-13/h3-4,7-9,11,13H,5-6,10H2,1-2H3,(H3,21,22,23,24,25,26). The second-order valence-corrected chi connectivity index (χ2v) is 7.02. The number of nitrogens with zero attached hydrogens (tertiary/aromatic N) is 4. The lowest BCUT2D eigenvalue weighted by atomic mass is 9.99. The monoisotopic (exact) mass is 359 g/mol. The number of aromatic nitrogens is 4. The molecule has 0 atom stereocenters. The highest BCUT2D eigenvalue weighted by molar-refractivity contribution is 6.35. The van der Waals surface area contributed by atoms with Crippen molar-refractivity contribution in [3.05, 3.63) is 47.8 Å². The highest BCUT2D eigenvalue weighted by atomic mass is 15.2. The van der Waals surface area contributed by atoms with E-state index in [1.54, 1.807) is 6.20 Å². The van der Waals surface area contributed by atoms with E-state index in [2.05, 4.69) is 60.0 Å². The molecule has 1 aliphatic carbocycles. The first-order valence-electron chi connectivity index (χ1n) is 9.03. The molecule has 136 valence electrons. The quantitative estimate of drug-likeness (QED) is 0.562. The minimum absolute atomic E-state index is 0.479. The van der Waals surface area contributed by atoms with Gasteiger partial charge >= 0.3 is 0 Å². The Labute approximate surface area is 160 Å². The molecule has 4 rings (SSSR count). The Balaban J connectivity index is 1.41. The molecule has 0 saturated heterocycles. The SMILES string of the molecule is [B]c1cnc(NCc2ccc(N(C)C)cc2)nc1Nc1cc(C2CC2)[nH]n1. The fraction of sp³-hybridized carbons (Fsp3) is 0.316. The zero-order valence-corrected chi connectivity index (χ0v) is 15.5. The Bertz CT molecular complexity index is 916. The largest absolute Gasteiger partial charge is 0.378 e. The van der Waals surface area contributed by atoms with Gasteiger partial charge in [0.15, 0.2) is 5.82 Å². The summed E-state index contributed by atoms with van der Waals surface area (Å²) in [6.07, 6.45) is 4.04. The van der Waals surface area contributed by atoms with Gasteiger partial charge in [-0.25, -0.2) is 4.98 Å². The molecule has 0 aliphatic heterocycles. The molecular formula is C19H22BN7. The van der Waals surface area contributed by atoms with Gasteiger partial charge in [0.25, 0.3) is 0 Å². The van der Waals surface area contributed by atoms with Gasteiger partial charge in [0.2, 0.25) is 5.95 Å². The second-order valence-electron chi connectivity index (χ2n) is 7.02. The van der Waals surface area contributed by atoms with Crippen LogP contribution in [0.4, 0.5) is 23.3 Å². The molecule has 27 heavy (non-hydrogen) atoms. The highest BCUT2D eigenvalue weighted by Crippen LogP contribution is 2.39.